The van der Waals surface area contributed by atoms with Crippen LogP contribution < -0.4 is 11.2 Å². The monoisotopic (exact) mass is 262 g/mol. The fraction of sp³-hybridized carbons (Fsp3) is 0.333. The Labute approximate surface area is 108 Å². The third kappa shape index (κ3) is 2.40. The Bertz CT molecular complexity index is 751. The molecule has 0 bridgehead atoms. The summed E-state index contributed by atoms with van der Waals surface area (Å²) < 4.78 is 3.89. The molecule has 2 aromatic heterocycles. The average Bonchev–Trinajstić information content (AvgIpc) is 2.75. The molecule has 0 saturated heterocycles. The van der Waals surface area contributed by atoms with Crippen molar-refractivity contribution in [2.45, 2.75) is 13.5 Å². The van der Waals surface area contributed by atoms with Gasteiger partial charge < -0.3 is 0 Å². The summed E-state index contributed by atoms with van der Waals surface area (Å²) >= 11 is 0. The Kier molecular flexibility index (Phi) is 3.20. The number of ketones is 1. The predicted octanol–water partition coefficient (Wildman–Crippen LogP) is -0.469. The molecule has 0 aliphatic carbocycles. The van der Waals surface area contributed by atoms with Crippen LogP contribution in [0.15, 0.2) is 28.2 Å². The second-order valence-corrected chi connectivity index (χ2v) is 4.40. The van der Waals surface area contributed by atoms with Crippen molar-refractivity contribution in [1.82, 2.24) is 18.9 Å². The first-order chi connectivity index (χ1) is 8.90. The van der Waals surface area contributed by atoms with Gasteiger partial charge in [-0.05, 0) is 6.92 Å². The van der Waals surface area contributed by atoms with Gasteiger partial charge in [0.1, 0.15) is 0 Å². The predicted molar refractivity (Wildman–Crippen MR) is 68.3 cm³/mol. The summed E-state index contributed by atoms with van der Waals surface area (Å²) in [5, 5.41) is 4.01. The van der Waals surface area contributed by atoms with E-state index in [4.69, 9.17) is 0 Å². The molecule has 0 aromatic carbocycles. The van der Waals surface area contributed by atoms with Crippen molar-refractivity contribution >= 4 is 5.78 Å². The molecule has 0 fully saturated rings. The van der Waals surface area contributed by atoms with Gasteiger partial charge in [0.25, 0.3) is 5.56 Å². The largest absolute Gasteiger partial charge is 0.331 e. The molecule has 7 heteroatoms. The lowest BCUT2D eigenvalue weighted by atomic mass is 10.2. The Balaban J connectivity index is 2.55. The average molecular weight is 262 g/mol. The van der Waals surface area contributed by atoms with Crippen molar-refractivity contribution < 1.29 is 4.79 Å². The number of carbonyl (C=O) groups excluding carboxylic acids is 1. The maximum Gasteiger partial charge on any atom is 0.331 e. The number of aromatic nitrogens is 4. The molecule has 0 atom stereocenters. The molecule has 0 spiro atoms. The number of rotatable bonds is 3. The molecule has 2 heterocycles. The Hall–Kier alpha value is -2.44. The van der Waals surface area contributed by atoms with E-state index in [1.165, 1.54) is 24.7 Å². The van der Waals surface area contributed by atoms with Crippen LogP contribution in [-0.2, 0) is 20.6 Å². The van der Waals surface area contributed by atoms with E-state index >= 15 is 0 Å². The summed E-state index contributed by atoms with van der Waals surface area (Å²) in [6.07, 6.45) is 4.70. The van der Waals surface area contributed by atoms with E-state index in [9.17, 15) is 14.4 Å². The van der Waals surface area contributed by atoms with E-state index in [-0.39, 0.29) is 17.9 Å². The number of hydrogen-bond acceptors (Lipinski definition) is 4. The number of carbonyl (C=O) groups is 1. The highest BCUT2D eigenvalue weighted by molar-refractivity contribution is 5.93. The third-order valence-electron chi connectivity index (χ3n) is 2.84. The van der Waals surface area contributed by atoms with Gasteiger partial charge in [-0.3, -0.25) is 23.4 Å². The van der Waals surface area contributed by atoms with Crippen LogP contribution in [0.3, 0.4) is 0 Å². The van der Waals surface area contributed by atoms with Gasteiger partial charge in [0, 0.05) is 32.1 Å². The van der Waals surface area contributed by atoms with E-state index < -0.39 is 11.2 Å². The molecule has 0 aliphatic heterocycles. The SMILES string of the molecule is CC(=O)c1cn(Cc2cnn(C)c2)c(=O)n(C)c1=O. The van der Waals surface area contributed by atoms with Gasteiger partial charge in [0.15, 0.2) is 5.78 Å². The van der Waals surface area contributed by atoms with Gasteiger partial charge >= 0.3 is 5.69 Å². The Morgan fingerprint density at radius 1 is 1.26 bits per heavy atom. The summed E-state index contributed by atoms with van der Waals surface area (Å²) in [6, 6.07) is 0. The zero-order valence-corrected chi connectivity index (χ0v) is 11.0. The smallest absolute Gasteiger partial charge is 0.295 e. The Morgan fingerprint density at radius 2 is 1.95 bits per heavy atom. The molecule has 19 heavy (non-hydrogen) atoms. The molecule has 2 rings (SSSR count). The van der Waals surface area contributed by atoms with Gasteiger partial charge in [0.2, 0.25) is 0 Å². The van der Waals surface area contributed by atoms with Gasteiger partial charge in [-0.15, -0.1) is 0 Å². The van der Waals surface area contributed by atoms with Crippen LogP contribution in [0.2, 0.25) is 0 Å². The first kappa shape index (κ1) is 13.0. The highest BCUT2D eigenvalue weighted by Crippen LogP contribution is 1.99. The van der Waals surface area contributed by atoms with Crippen molar-refractivity contribution in [1.29, 1.82) is 0 Å². The number of nitrogens with zero attached hydrogens (tertiary/aromatic N) is 4. The first-order valence-electron chi connectivity index (χ1n) is 5.69. The van der Waals surface area contributed by atoms with Gasteiger partial charge in [-0.25, -0.2) is 4.79 Å². The van der Waals surface area contributed by atoms with E-state index in [1.807, 2.05) is 0 Å². The van der Waals surface area contributed by atoms with E-state index in [0.29, 0.717) is 0 Å². The fourth-order valence-corrected chi connectivity index (χ4v) is 1.83. The molecule has 100 valence electrons. The molecular formula is C12H14N4O3. The van der Waals surface area contributed by atoms with Crippen LogP contribution in [0.25, 0.3) is 0 Å². The first-order valence-corrected chi connectivity index (χ1v) is 5.69. The standard InChI is InChI=1S/C12H14N4O3/c1-8(17)10-7-16(12(19)15(3)11(10)18)6-9-4-13-14(2)5-9/h4-5,7H,6H2,1-3H3. The number of Topliss-reactive ketones (excluding diaryl/α,β-unsaturated/α-hetero) is 1. The van der Waals surface area contributed by atoms with E-state index in [0.717, 1.165) is 10.1 Å². The second kappa shape index (κ2) is 4.68. The highest BCUT2D eigenvalue weighted by atomic mass is 16.2. The van der Waals surface area contributed by atoms with Crippen LogP contribution in [-0.4, -0.2) is 24.7 Å². The highest BCUT2D eigenvalue weighted by Gasteiger charge is 2.12. The zero-order valence-electron chi connectivity index (χ0n) is 11.0. The van der Waals surface area contributed by atoms with Gasteiger partial charge in [-0.1, -0.05) is 0 Å². The second-order valence-electron chi connectivity index (χ2n) is 4.40. The van der Waals surface area contributed by atoms with Crippen molar-refractivity contribution in [3.05, 3.63) is 50.6 Å². The van der Waals surface area contributed by atoms with Gasteiger partial charge in [0.05, 0.1) is 18.3 Å². The zero-order chi connectivity index (χ0) is 14.2. The molecule has 0 aliphatic rings. The maximum absolute atomic E-state index is 12.0. The van der Waals surface area contributed by atoms with Crippen LogP contribution >= 0.6 is 0 Å². The van der Waals surface area contributed by atoms with E-state index in [1.54, 1.807) is 24.1 Å². The quantitative estimate of drug-likeness (QED) is 0.701. The van der Waals surface area contributed by atoms with Crippen molar-refractivity contribution in [3.8, 4) is 0 Å². The van der Waals surface area contributed by atoms with Crippen molar-refractivity contribution in [2.24, 2.45) is 14.1 Å². The molecule has 0 unspecified atom stereocenters. The Morgan fingerprint density at radius 3 is 2.47 bits per heavy atom. The lowest BCUT2D eigenvalue weighted by Crippen LogP contribution is -2.40. The van der Waals surface area contributed by atoms with E-state index in [2.05, 4.69) is 5.10 Å². The topological polar surface area (TPSA) is 78.9 Å². The maximum atomic E-state index is 12.0. The lowest BCUT2D eigenvalue weighted by Gasteiger charge is -2.08. The number of aryl methyl sites for hydroxylation is 1. The number of hydrogen-bond donors (Lipinski definition) is 0. The minimum absolute atomic E-state index is 0.00555. The minimum Gasteiger partial charge on any atom is -0.295 e. The lowest BCUT2D eigenvalue weighted by molar-refractivity contribution is 0.101. The molecule has 0 amide bonds. The summed E-state index contributed by atoms with van der Waals surface area (Å²) in [7, 11) is 3.13. The molecule has 7 nitrogen and oxygen atoms in total. The molecule has 2 aromatic rings. The van der Waals surface area contributed by atoms with Crippen molar-refractivity contribution in [2.75, 3.05) is 0 Å². The minimum atomic E-state index is -0.570. The van der Waals surface area contributed by atoms with Crippen LogP contribution in [0.1, 0.15) is 22.8 Å². The van der Waals surface area contributed by atoms with Crippen LogP contribution in [0.5, 0.6) is 0 Å². The van der Waals surface area contributed by atoms with Gasteiger partial charge in [-0.2, -0.15) is 5.10 Å². The summed E-state index contributed by atoms with van der Waals surface area (Å²) in [5.74, 6) is -0.361. The summed E-state index contributed by atoms with van der Waals surface area (Å²) in [4.78, 5) is 35.1. The van der Waals surface area contributed by atoms with Crippen LogP contribution in [0.4, 0.5) is 0 Å². The molecule has 0 N–H and O–H groups in total. The fourth-order valence-electron chi connectivity index (χ4n) is 1.83. The summed E-state index contributed by atoms with van der Waals surface area (Å²) in [5.41, 5.74) is -0.206. The summed E-state index contributed by atoms with van der Waals surface area (Å²) in [6.45, 7) is 1.57. The third-order valence-corrected chi connectivity index (χ3v) is 2.84. The molecule has 0 radical (unpaired) electrons. The van der Waals surface area contributed by atoms with Crippen molar-refractivity contribution in [3.63, 3.8) is 0 Å². The van der Waals surface area contributed by atoms with Crippen LogP contribution in [0, 0.1) is 0 Å². The molecular weight excluding hydrogens is 248 g/mol. The molecule has 0 saturated carbocycles. The normalized spacial score (nSPS) is 10.7.